The number of allylic oxidation sites excluding steroid dienone is 1. The van der Waals surface area contributed by atoms with Gasteiger partial charge in [-0.1, -0.05) is 18.2 Å². The lowest BCUT2D eigenvalue weighted by atomic mass is 10.1. The van der Waals surface area contributed by atoms with Gasteiger partial charge in [-0.15, -0.1) is 0 Å². The zero-order valence-electron chi connectivity index (χ0n) is 10.3. The second-order valence-corrected chi connectivity index (χ2v) is 4.07. The summed E-state index contributed by atoms with van der Waals surface area (Å²) >= 11 is 0. The number of ether oxygens (including phenoxy) is 1. The highest BCUT2D eigenvalue weighted by Crippen LogP contribution is 2.31. The van der Waals surface area contributed by atoms with Crippen LogP contribution in [0.3, 0.4) is 0 Å². The van der Waals surface area contributed by atoms with Crippen molar-refractivity contribution >= 4 is 22.6 Å². The predicted molar refractivity (Wildman–Crippen MR) is 71.9 cm³/mol. The Hall–Kier alpha value is -2.29. The molecular weight excluding hydrogens is 228 g/mol. The fraction of sp³-hybridized carbons (Fsp3) is 0.133. The van der Waals surface area contributed by atoms with Gasteiger partial charge >= 0.3 is 0 Å². The molecule has 18 heavy (non-hydrogen) atoms. The van der Waals surface area contributed by atoms with Crippen molar-refractivity contribution in [2.24, 2.45) is 0 Å². The van der Waals surface area contributed by atoms with Crippen LogP contribution in [0.15, 0.2) is 36.4 Å². The molecule has 2 aromatic carbocycles. The van der Waals surface area contributed by atoms with Gasteiger partial charge in [-0.3, -0.25) is 4.79 Å². The van der Waals surface area contributed by atoms with E-state index in [4.69, 9.17) is 4.74 Å². The summed E-state index contributed by atoms with van der Waals surface area (Å²) in [5.74, 6) is 0.781. The van der Waals surface area contributed by atoms with Crippen LogP contribution in [0.25, 0.3) is 16.8 Å². The van der Waals surface area contributed by atoms with E-state index in [1.54, 1.807) is 19.3 Å². The number of methoxy groups -OCH3 is 1. The van der Waals surface area contributed by atoms with E-state index < -0.39 is 0 Å². The number of hydrogen-bond acceptors (Lipinski definition) is 3. The molecule has 0 unspecified atom stereocenters. The Morgan fingerprint density at radius 3 is 2.72 bits per heavy atom. The van der Waals surface area contributed by atoms with E-state index in [2.05, 4.69) is 0 Å². The first-order valence-electron chi connectivity index (χ1n) is 5.59. The number of carbonyl (C=O) groups excluding carboxylic acids is 1. The zero-order valence-corrected chi connectivity index (χ0v) is 10.3. The Bertz CT molecular complexity index is 627. The van der Waals surface area contributed by atoms with Gasteiger partial charge in [0.25, 0.3) is 0 Å². The summed E-state index contributed by atoms with van der Waals surface area (Å²) in [5, 5.41) is 11.5. The fourth-order valence-electron chi connectivity index (χ4n) is 1.76. The molecule has 0 bridgehead atoms. The lowest BCUT2D eigenvalue weighted by molar-refractivity contribution is -0.112. The number of rotatable bonds is 3. The van der Waals surface area contributed by atoms with Crippen LogP contribution >= 0.6 is 0 Å². The van der Waals surface area contributed by atoms with E-state index in [0.717, 1.165) is 16.3 Å². The maximum absolute atomic E-state index is 10.9. The smallest absolute Gasteiger partial charge is 0.152 e. The fourth-order valence-corrected chi connectivity index (χ4v) is 1.76. The van der Waals surface area contributed by atoms with Crippen molar-refractivity contribution in [2.45, 2.75) is 6.92 Å². The molecule has 2 rings (SSSR count). The van der Waals surface area contributed by atoms with E-state index in [-0.39, 0.29) is 11.5 Å². The van der Waals surface area contributed by atoms with Gasteiger partial charge in [-0.05, 0) is 36.1 Å². The molecule has 0 aliphatic rings. The highest BCUT2D eigenvalue weighted by atomic mass is 16.5. The standard InChI is InChI=1S/C15H14O3/c1-10(16)3-4-11-5-6-12-8-13(18-2)9-15(17)14(12)7-11/h3-9,17H,1-2H3. The molecule has 0 amide bonds. The van der Waals surface area contributed by atoms with Gasteiger partial charge in [0.1, 0.15) is 11.5 Å². The number of hydrogen-bond donors (Lipinski definition) is 1. The number of ketones is 1. The van der Waals surface area contributed by atoms with Crippen LogP contribution < -0.4 is 4.74 Å². The Morgan fingerprint density at radius 2 is 2.06 bits per heavy atom. The summed E-state index contributed by atoms with van der Waals surface area (Å²) in [6.07, 6.45) is 3.23. The number of phenols is 1. The molecule has 0 radical (unpaired) electrons. The van der Waals surface area contributed by atoms with Gasteiger partial charge in [-0.2, -0.15) is 0 Å². The molecule has 0 aromatic heterocycles. The minimum absolute atomic E-state index is 0.00551. The molecule has 0 aliphatic heterocycles. The van der Waals surface area contributed by atoms with Crippen molar-refractivity contribution in [3.63, 3.8) is 0 Å². The first kappa shape index (κ1) is 12.2. The third kappa shape index (κ3) is 2.51. The first-order chi connectivity index (χ1) is 8.60. The van der Waals surface area contributed by atoms with Crippen LogP contribution in [0, 0.1) is 0 Å². The molecule has 0 atom stereocenters. The maximum atomic E-state index is 10.9. The number of carbonyl (C=O) groups is 1. The lowest BCUT2D eigenvalue weighted by Gasteiger charge is -2.06. The monoisotopic (exact) mass is 242 g/mol. The molecule has 0 spiro atoms. The second-order valence-electron chi connectivity index (χ2n) is 4.07. The summed E-state index contributed by atoms with van der Waals surface area (Å²) in [6.45, 7) is 1.50. The zero-order chi connectivity index (χ0) is 13.1. The molecule has 2 aromatic rings. The molecule has 0 fully saturated rings. The Morgan fingerprint density at radius 1 is 1.28 bits per heavy atom. The van der Waals surface area contributed by atoms with E-state index >= 15 is 0 Å². The molecule has 0 saturated heterocycles. The third-order valence-corrected chi connectivity index (χ3v) is 2.68. The molecule has 92 valence electrons. The minimum atomic E-state index is -0.00551. The third-order valence-electron chi connectivity index (χ3n) is 2.68. The molecule has 0 heterocycles. The van der Waals surface area contributed by atoms with Gasteiger partial charge in [0.05, 0.1) is 7.11 Å². The molecule has 3 nitrogen and oxygen atoms in total. The van der Waals surface area contributed by atoms with Crippen LogP contribution in [0.2, 0.25) is 0 Å². The average molecular weight is 242 g/mol. The molecule has 0 saturated carbocycles. The van der Waals surface area contributed by atoms with Gasteiger partial charge in [-0.25, -0.2) is 0 Å². The van der Waals surface area contributed by atoms with Crippen LogP contribution in [0.4, 0.5) is 0 Å². The molecule has 0 aliphatic carbocycles. The SMILES string of the molecule is COc1cc(O)c2cc(C=CC(C)=O)ccc2c1. The van der Waals surface area contributed by atoms with Crippen molar-refractivity contribution < 1.29 is 14.6 Å². The Kier molecular flexibility index (Phi) is 3.33. The van der Waals surface area contributed by atoms with Crippen molar-refractivity contribution in [3.05, 3.63) is 42.0 Å². The minimum Gasteiger partial charge on any atom is -0.507 e. The van der Waals surface area contributed by atoms with Crippen molar-refractivity contribution in [1.29, 1.82) is 0 Å². The van der Waals surface area contributed by atoms with Crippen molar-refractivity contribution in [3.8, 4) is 11.5 Å². The molecular formula is C15H14O3. The number of aromatic hydroxyl groups is 1. The predicted octanol–water partition coefficient (Wildman–Crippen LogP) is 3.16. The Balaban J connectivity index is 2.52. The van der Waals surface area contributed by atoms with Gasteiger partial charge in [0, 0.05) is 11.5 Å². The van der Waals surface area contributed by atoms with Gasteiger partial charge in [0.2, 0.25) is 0 Å². The quantitative estimate of drug-likeness (QED) is 0.841. The average Bonchev–Trinajstić information content (AvgIpc) is 2.36. The largest absolute Gasteiger partial charge is 0.507 e. The molecule has 3 heteroatoms. The van der Waals surface area contributed by atoms with Gasteiger partial charge < -0.3 is 9.84 Å². The van der Waals surface area contributed by atoms with E-state index in [9.17, 15) is 9.90 Å². The van der Waals surface area contributed by atoms with E-state index in [0.29, 0.717) is 5.75 Å². The normalized spacial score (nSPS) is 11.0. The Labute approximate surface area is 105 Å². The van der Waals surface area contributed by atoms with Crippen LogP contribution in [0.5, 0.6) is 11.5 Å². The number of benzene rings is 2. The summed E-state index contributed by atoms with van der Waals surface area (Å²) in [7, 11) is 1.56. The highest BCUT2D eigenvalue weighted by Gasteiger charge is 2.03. The lowest BCUT2D eigenvalue weighted by Crippen LogP contribution is -1.84. The summed E-state index contributed by atoms with van der Waals surface area (Å²) < 4.78 is 5.09. The first-order valence-corrected chi connectivity index (χ1v) is 5.59. The summed E-state index contributed by atoms with van der Waals surface area (Å²) in [4.78, 5) is 10.9. The second kappa shape index (κ2) is 4.92. The summed E-state index contributed by atoms with van der Waals surface area (Å²) in [6, 6.07) is 9.04. The van der Waals surface area contributed by atoms with Gasteiger partial charge in [0.15, 0.2) is 5.78 Å². The molecule has 1 N–H and O–H groups in total. The van der Waals surface area contributed by atoms with E-state index in [1.807, 2.05) is 24.3 Å². The van der Waals surface area contributed by atoms with Crippen molar-refractivity contribution in [2.75, 3.05) is 7.11 Å². The van der Waals surface area contributed by atoms with Crippen LogP contribution in [-0.2, 0) is 4.79 Å². The number of fused-ring (bicyclic) bond motifs is 1. The van der Waals surface area contributed by atoms with Crippen molar-refractivity contribution in [1.82, 2.24) is 0 Å². The summed E-state index contributed by atoms with van der Waals surface area (Å²) in [5.41, 5.74) is 0.873. The highest BCUT2D eigenvalue weighted by molar-refractivity contribution is 5.94. The van der Waals surface area contributed by atoms with Crippen LogP contribution in [0.1, 0.15) is 12.5 Å². The van der Waals surface area contributed by atoms with E-state index in [1.165, 1.54) is 13.0 Å². The number of phenolic OH excluding ortho intramolecular Hbond substituents is 1. The topological polar surface area (TPSA) is 46.5 Å². The maximum Gasteiger partial charge on any atom is 0.152 e. The van der Waals surface area contributed by atoms with Crippen LogP contribution in [-0.4, -0.2) is 18.0 Å².